The SMILES string of the molecule is CS(=O)(=O)N1CCc2c(c(-c3ccc(C(F)(F)F)c(SCC(=O)N4CCC(N5CCCCC5)CC4)c3)nn2CCCN2CCC(N3CCCC3=O)CC2)C1. The molecule has 1 aromatic carbocycles. The Morgan fingerprint density at radius 1 is 0.889 bits per heavy atom. The molecular formula is C38H54F3N7O4S2. The van der Waals surface area contributed by atoms with Crippen LogP contribution in [0.15, 0.2) is 23.1 Å². The maximum absolute atomic E-state index is 14.3. The number of fused-ring (bicyclic) bond motifs is 1. The number of nitrogens with zero attached hydrogens (tertiary/aromatic N) is 7. The lowest BCUT2D eigenvalue weighted by molar-refractivity contribution is -0.140. The first-order valence-electron chi connectivity index (χ1n) is 19.8. The van der Waals surface area contributed by atoms with Gasteiger partial charge in [-0.25, -0.2) is 8.42 Å². The number of thioether (sulfide) groups is 1. The second kappa shape index (κ2) is 16.8. The first-order valence-corrected chi connectivity index (χ1v) is 22.6. The number of rotatable bonds is 11. The Labute approximate surface area is 321 Å². The van der Waals surface area contributed by atoms with Crippen LogP contribution < -0.4 is 0 Å². The minimum Gasteiger partial charge on any atom is -0.342 e. The minimum atomic E-state index is -4.61. The molecule has 0 spiro atoms. The molecule has 7 rings (SSSR count). The molecule has 0 aliphatic carbocycles. The third kappa shape index (κ3) is 9.14. The van der Waals surface area contributed by atoms with Gasteiger partial charge >= 0.3 is 6.18 Å². The Balaban J connectivity index is 1.04. The summed E-state index contributed by atoms with van der Waals surface area (Å²) in [5.74, 6) is 0.0174. The van der Waals surface area contributed by atoms with Crippen molar-refractivity contribution in [1.82, 2.24) is 33.7 Å². The number of carbonyl (C=O) groups is 2. The van der Waals surface area contributed by atoms with Crippen LogP contribution in [0.25, 0.3) is 11.3 Å². The molecule has 5 aliphatic rings. The monoisotopic (exact) mass is 793 g/mol. The Morgan fingerprint density at radius 3 is 2.28 bits per heavy atom. The molecule has 0 atom stereocenters. The van der Waals surface area contributed by atoms with Crippen molar-refractivity contribution >= 4 is 33.6 Å². The predicted molar refractivity (Wildman–Crippen MR) is 202 cm³/mol. The maximum Gasteiger partial charge on any atom is 0.417 e. The van der Waals surface area contributed by atoms with Crippen LogP contribution in [0.1, 0.15) is 81.0 Å². The number of likely N-dealkylation sites (tertiary alicyclic amines) is 4. The zero-order valence-electron chi connectivity index (χ0n) is 31.4. The molecule has 54 heavy (non-hydrogen) atoms. The number of benzene rings is 1. The largest absolute Gasteiger partial charge is 0.417 e. The van der Waals surface area contributed by atoms with E-state index in [-0.39, 0.29) is 29.0 Å². The van der Waals surface area contributed by atoms with Gasteiger partial charge in [-0.05, 0) is 83.1 Å². The Bertz CT molecular complexity index is 1770. The molecule has 298 valence electrons. The third-order valence-electron chi connectivity index (χ3n) is 12.2. The molecule has 11 nitrogen and oxygen atoms in total. The molecule has 2 aromatic rings. The summed E-state index contributed by atoms with van der Waals surface area (Å²) in [5, 5.41) is 4.94. The molecule has 16 heteroatoms. The van der Waals surface area contributed by atoms with Gasteiger partial charge in [0.05, 0.1) is 23.3 Å². The number of hydrogen-bond acceptors (Lipinski definition) is 8. The fourth-order valence-corrected chi connectivity index (χ4v) is 10.9. The van der Waals surface area contributed by atoms with E-state index in [2.05, 4.69) is 14.7 Å². The van der Waals surface area contributed by atoms with Crippen LogP contribution in [0.2, 0.25) is 0 Å². The second-order valence-electron chi connectivity index (χ2n) is 15.7. The first-order chi connectivity index (χ1) is 25.8. The quantitative estimate of drug-likeness (QED) is 0.296. The van der Waals surface area contributed by atoms with Crippen LogP contribution in [0.5, 0.6) is 0 Å². The van der Waals surface area contributed by atoms with E-state index in [0.717, 1.165) is 101 Å². The van der Waals surface area contributed by atoms with Crippen LogP contribution in [0, 0.1) is 0 Å². The summed E-state index contributed by atoms with van der Waals surface area (Å²) >= 11 is 0.911. The highest BCUT2D eigenvalue weighted by Crippen LogP contribution is 2.40. The van der Waals surface area contributed by atoms with Gasteiger partial charge in [-0.2, -0.15) is 22.6 Å². The standard InChI is InChI=1S/C38H54F3N7O4S2/c1-54(51,52)46-24-14-33-31(26-46)37(42-48(33)19-6-15-43-20-10-30(11-21-43)47-18-5-7-35(47)49)28-8-9-32(38(39,40)41)34(25-28)53-27-36(50)45-22-12-29(13-23-45)44-16-3-2-4-17-44/h8-9,25,29-30H,2-7,10-24,26-27H2,1H3. The van der Waals surface area contributed by atoms with E-state index < -0.39 is 21.8 Å². The molecule has 1 aromatic heterocycles. The first kappa shape index (κ1) is 39.6. The highest BCUT2D eigenvalue weighted by molar-refractivity contribution is 8.00. The number of aryl methyl sites for hydroxylation is 1. The van der Waals surface area contributed by atoms with E-state index in [9.17, 15) is 31.2 Å². The Hall–Kier alpha value is -2.66. The number of carbonyl (C=O) groups excluding carboxylic acids is 2. The highest BCUT2D eigenvalue weighted by atomic mass is 32.2. The molecule has 2 amide bonds. The summed E-state index contributed by atoms with van der Waals surface area (Å²) in [6.45, 7) is 7.99. The summed E-state index contributed by atoms with van der Waals surface area (Å²) in [6.07, 6.45) is 6.80. The molecule has 0 radical (unpaired) electrons. The van der Waals surface area contributed by atoms with Crippen LogP contribution in [-0.4, -0.2) is 137 Å². The van der Waals surface area contributed by atoms with Crippen molar-refractivity contribution in [2.75, 3.05) is 70.9 Å². The normalized spacial score (nSPS) is 22.0. The van der Waals surface area contributed by atoms with Gasteiger partial charge < -0.3 is 19.6 Å². The third-order valence-corrected chi connectivity index (χ3v) is 14.4. The van der Waals surface area contributed by atoms with Crippen molar-refractivity contribution in [2.24, 2.45) is 0 Å². The van der Waals surface area contributed by atoms with Crippen molar-refractivity contribution < 1.29 is 31.2 Å². The average molecular weight is 794 g/mol. The van der Waals surface area contributed by atoms with Crippen LogP contribution in [0.3, 0.4) is 0 Å². The molecule has 4 fully saturated rings. The summed E-state index contributed by atoms with van der Waals surface area (Å²) in [4.78, 5) is 34.3. The van der Waals surface area contributed by atoms with Crippen molar-refractivity contribution in [2.45, 2.75) is 107 Å². The van der Waals surface area contributed by atoms with E-state index in [4.69, 9.17) is 5.10 Å². The molecule has 0 N–H and O–H groups in total. The van der Waals surface area contributed by atoms with E-state index >= 15 is 0 Å². The number of alkyl halides is 3. The van der Waals surface area contributed by atoms with Crippen molar-refractivity contribution in [3.8, 4) is 11.3 Å². The Morgan fingerprint density at radius 2 is 1.61 bits per heavy atom. The molecule has 4 saturated heterocycles. The molecule has 0 saturated carbocycles. The predicted octanol–water partition coefficient (Wildman–Crippen LogP) is 4.93. The number of hydrogen-bond donors (Lipinski definition) is 0. The van der Waals surface area contributed by atoms with Gasteiger partial charge in [0.1, 0.15) is 0 Å². The van der Waals surface area contributed by atoms with Gasteiger partial charge in [-0.15, -0.1) is 11.8 Å². The summed E-state index contributed by atoms with van der Waals surface area (Å²) in [6, 6.07) is 4.74. The van der Waals surface area contributed by atoms with Crippen molar-refractivity contribution in [3.63, 3.8) is 0 Å². The second-order valence-corrected chi connectivity index (χ2v) is 18.7. The van der Waals surface area contributed by atoms with Gasteiger partial charge in [0, 0.05) is 99.0 Å². The molecule has 6 heterocycles. The van der Waals surface area contributed by atoms with Gasteiger partial charge in [0.2, 0.25) is 21.8 Å². The van der Waals surface area contributed by atoms with E-state index in [1.54, 1.807) is 4.90 Å². The topological polar surface area (TPSA) is 102 Å². The van der Waals surface area contributed by atoms with Crippen LogP contribution in [0.4, 0.5) is 13.2 Å². The lowest BCUT2D eigenvalue weighted by atomic mass is 10.00. The van der Waals surface area contributed by atoms with Crippen molar-refractivity contribution in [1.29, 1.82) is 0 Å². The van der Waals surface area contributed by atoms with E-state index in [0.29, 0.717) is 67.9 Å². The lowest BCUT2D eigenvalue weighted by Crippen LogP contribution is -2.48. The lowest BCUT2D eigenvalue weighted by Gasteiger charge is -2.40. The fraction of sp³-hybridized carbons (Fsp3) is 0.711. The van der Waals surface area contributed by atoms with Gasteiger partial charge in [0.15, 0.2) is 0 Å². The van der Waals surface area contributed by atoms with E-state index in [1.165, 1.54) is 42.0 Å². The zero-order chi connectivity index (χ0) is 38.0. The maximum atomic E-state index is 14.3. The van der Waals surface area contributed by atoms with Crippen LogP contribution >= 0.6 is 11.8 Å². The number of piperidine rings is 3. The molecule has 0 unspecified atom stereocenters. The number of amides is 2. The number of halogens is 3. The number of aromatic nitrogens is 2. The smallest absolute Gasteiger partial charge is 0.342 e. The fourth-order valence-electron chi connectivity index (χ4n) is 9.14. The summed E-state index contributed by atoms with van der Waals surface area (Å²) < 4.78 is 71.5. The molecule has 5 aliphatic heterocycles. The Kier molecular flexibility index (Phi) is 12.3. The minimum absolute atomic E-state index is 0.0327. The van der Waals surface area contributed by atoms with Gasteiger partial charge in [-0.1, -0.05) is 12.5 Å². The van der Waals surface area contributed by atoms with Crippen molar-refractivity contribution in [3.05, 3.63) is 35.0 Å². The molecule has 0 bridgehead atoms. The van der Waals surface area contributed by atoms with E-state index in [1.807, 2.05) is 4.68 Å². The van der Waals surface area contributed by atoms with Gasteiger partial charge in [0.25, 0.3) is 0 Å². The summed E-state index contributed by atoms with van der Waals surface area (Å²) in [5.41, 5.74) is 1.79. The van der Waals surface area contributed by atoms with Crippen LogP contribution in [-0.2, 0) is 45.3 Å². The highest BCUT2D eigenvalue weighted by Gasteiger charge is 2.36. The van der Waals surface area contributed by atoms with Gasteiger partial charge in [-0.3, -0.25) is 14.3 Å². The number of sulfonamides is 1. The zero-order valence-corrected chi connectivity index (χ0v) is 33.0. The average Bonchev–Trinajstić information content (AvgIpc) is 3.76. The summed E-state index contributed by atoms with van der Waals surface area (Å²) in [7, 11) is -3.51. The molecular weight excluding hydrogens is 740 g/mol.